The molecule has 0 aromatic heterocycles. The van der Waals surface area contributed by atoms with Gasteiger partial charge >= 0.3 is 5.97 Å². The van der Waals surface area contributed by atoms with Gasteiger partial charge in [0.1, 0.15) is 6.04 Å². The minimum Gasteiger partial charge on any atom is -0.480 e. The fourth-order valence-corrected chi connectivity index (χ4v) is 2.71. The molecule has 0 aromatic rings. The lowest BCUT2D eigenvalue weighted by Gasteiger charge is -2.36. The Morgan fingerprint density at radius 1 is 1.26 bits per heavy atom. The average molecular weight is 269 g/mol. The molecule has 0 aromatic carbocycles. The Morgan fingerprint density at radius 2 is 1.95 bits per heavy atom. The number of amides is 1. The molecule has 2 saturated heterocycles. The second-order valence-corrected chi connectivity index (χ2v) is 5.59. The van der Waals surface area contributed by atoms with Gasteiger partial charge in [0.05, 0.1) is 6.54 Å². The van der Waals surface area contributed by atoms with Crippen molar-refractivity contribution in [3.63, 3.8) is 0 Å². The number of likely N-dealkylation sites (tertiary alicyclic amines) is 1. The van der Waals surface area contributed by atoms with E-state index in [0.29, 0.717) is 19.0 Å². The number of rotatable bonds is 3. The Morgan fingerprint density at radius 3 is 2.58 bits per heavy atom. The van der Waals surface area contributed by atoms with Crippen molar-refractivity contribution in [2.24, 2.45) is 5.92 Å². The summed E-state index contributed by atoms with van der Waals surface area (Å²) in [6, 6.07) is -0.582. The predicted octanol–water partition coefficient (Wildman–Crippen LogP) is -0.397. The van der Waals surface area contributed by atoms with Gasteiger partial charge in [0.2, 0.25) is 5.91 Å². The van der Waals surface area contributed by atoms with Crippen LogP contribution in [-0.4, -0.2) is 72.1 Å². The van der Waals surface area contributed by atoms with Gasteiger partial charge in [-0.05, 0) is 18.8 Å². The van der Waals surface area contributed by atoms with Gasteiger partial charge in [-0.25, -0.2) is 0 Å². The van der Waals surface area contributed by atoms with E-state index < -0.39 is 12.0 Å². The number of hydrogen-bond donors (Lipinski definition) is 2. The lowest BCUT2D eigenvalue weighted by molar-refractivity contribution is -0.145. The molecular weight excluding hydrogens is 246 g/mol. The van der Waals surface area contributed by atoms with Gasteiger partial charge in [0.15, 0.2) is 0 Å². The summed E-state index contributed by atoms with van der Waals surface area (Å²) >= 11 is 0. The van der Waals surface area contributed by atoms with Gasteiger partial charge < -0.3 is 15.3 Å². The van der Waals surface area contributed by atoms with Crippen LogP contribution in [-0.2, 0) is 9.59 Å². The number of aliphatic carboxylic acids is 1. The normalized spacial score (nSPS) is 26.4. The third kappa shape index (κ3) is 3.67. The van der Waals surface area contributed by atoms with E-state index in [0.717, 1.165) is 32.5 Å². The summed E-state index contributed by atoms with van der Waals surface area (Å²) in [5.41, 5.74) is 0. The van der Waals surface area contributed by atoms with Crippen LogP contribution in [0.2, 0.25) is 0 Å². The highest BCUT2D eigenvalue weighted by Crippen LogP contribution is 2.16. The topological polar surface area (TPSA) is 72.9 Å². The average Bonchev–Trinajstić information content (AvgIpc) is 2.39. The molecule has 0 saturated carbocycles. The molecule has 2 rings (SSSR count). The molecule has 0 radical (unpaired) electrons. The summed E-state index contributed by atoms with van der Waals surface area (Å²) in [5.74, 6) is -0.0951. The molecule has 1 unspecified atom stereocenters. The maximum atomic E-state index is 12.2. The zero-order valence-electron chi connectivity index (χ0n) is 11.5. The molecule has 0 bridgehead atoms. The maximum Gasteiger partial charge on any atom is 0.322 e. The standard InChI is InChI=1S/C13H23N3O3/c1-10-2-5-15(6-3-10)12(17)9-16-7-4-14-8-11(16)13(18)19/h10-11,14H,2-9H2,1H3,(H,18,19). The number of nitrogens with one attached hydrogen (secondary N) is 1. The molecule has 2 fully saturated rings. The van der Waals surface area contributed by atoms with Crippen molar-refractivity contribution in [1.82, 2.24) is 15.1 Å². The lowest BCUT2D eigenvalue weighted by Crippen LogP contribution is -2.57. The number of carboxylic acids is 1. The van der Waals surface area contributed by atoms with Crippen LogP contribution in [0.1, 0.15) is 19.8 Å². The van der Waals surface area contributed by atoms with Crippen LogP contribution in [0.3, 0.4) is 0 Å². The predicted molar refractivity (Wildman–Crippen MR) is 70.8 cm³/mol. The monoisotopic (exact) mass is 269 g/mol. The van der Waals surface area contributed by atoms with Gasteiger partial charge in [0, 0.05) is 32.7 Å². The molecular formula is C13H23N3O3. The van der Waals surface area contributed by atoms with E-state index in [-0.39, 0.29) is 12.5 Å². The van der Waals surface area contributed by atoms with Crippen LogP contribution >= 0.6 is 0 Å². The number of carbonyl (C=O) groups excluding carboxylic acids is 1. The van der Waals surface area contributed by atoms with Crippen molar-refractivity contribution in [1.29, 1.82) is 0 Å². The molecule has 0 aliphatic carbocycles. The SMILES string of the molecule is CC1CCN(C(=O)CN2CCNCC2C(=O)O)CC1. The molecule has 0 spiro atoms. The smallest absolute Gasteiger partial charge is 0.322 e. The first-order valence-corrected chi connectivity index (χ1v) is 7.03. The second kappa shape index (κ2) is 6.34. The second-order valence-electron chi connectivity index (χ2n) is 5.59. The zero-order chi connectivity index (χ0) is 13.8. The lowest BCUT2D eigenvalue weighted by atomic mass is 9.99. The Labute approximate surface area is 113 Å². The van der Waals surface area contributed by atoms with E-state index in [9.17, 15) is 9.59 Å². The quantitative estimate of drug-likeness (QED) is 0.729. The highest BCUT2D eigenvalue weighted by Gasteiger charge is 2.31. The Kier molecular flexibility index (Phi) is 4.76. The van der Waals surface area contributed by atoms with Crippen molar-refractivity contribution < 1.29 is 14.7 Å². The van der Waals surface area contributed by atoms with Gasteiger partial charge in [0.25, 0.3) is 0 Å². The van der Waals surface area contributed by atoms with E-state index in [1.54, 1.807) is 4.90 Å². The zero-order valence-corrected chi connectivity index (χ0v) is 11.5. The van der Waals surface area contributed by atoms with Crippen molar-refractivity contribution in [3.05, 3.63) is 0 Å². The Bertz CT molecular complexity index is 340. The summed E-state index contributed by atoms with van der Waals surface area (Å²) in [7, 11) is 0. The minimum absolute atomic E-state index is 0.0695. The number of carbonyl (C=O) groups is 2. The molecule has 2 aliphatic rings. The first kappa shape index (κ1) is 14.3. The molecule has 19 heavy (non-hydrogen) atoms. The number of nitrogens with zero attached hydrogens (tertiary/aromatic N) is 2. The molecule has 2 heterocycles. The van der Waals surface area contributed by atoms with Crippen LogP contribution in [0.5, 0.6) is 0 Å². The summed E-state index contributed by atoms with van der Waals surface area (Å²) in [4.78, 5) is 27.0. The molecule has 2 aliphatic heterocycles. The van der Waals surface area contributed by atoms with E-state index >= 15 is 0 Å². The van der Waals surface area contributed by atoms with Crippen molar-refractivity contribution >= 4 is 11.9 Å². The van der Waals surface area contributed by atoms with Gasteiger partial charge in [-0.1, -0.05) is 6.92 Å². The Balaban J connectivity index is 1.88. The van der Waals surface area contributed by atoms with Crippen LogP contribution in [0.25, 0.3) is 0 Å². The van der Waals surface area contributed by atoms with E-state index in [2.05, 4.69) is 12.2 Å². The van der Waals surface area contributed by atoms with Gasteiger partial charge in [-0.2, -0.15) is 0 Å². The number of carboxylic acid groups (broad SMARTS) is 1. The summed E-state index contributed by atoms with van der Waals surface area (Å²) in [6.45, 7) is 5.83. The summed E-state index contributed by atoms with van der Waals surface area (Å²) in [6.07, 6.45) is 2.10. The van der Waals surface area contributed by atoms with Gasteiger partial charge in [-0.3, -0.25) is 14.5 Å². The third-order valence-corrected chi connectivity index (χ3v) is 4.11. The Hall–Kier alpha value is -1.14. The molecule has 2 N–H and O–H groups in total. The summed E-state index contributed by atoms with van der Waals surface area (Å²) < 4.78 is 0. The highest BCUT2D eigenvalue weighted by molar-refractivity contribution is 5.80. The molecule has 6 nitrogen and oxygen atoms in total. The molecule has 6 heteroatoms. The number of hydrogen-bond acceptors (Lipinski definition) is 4. The third-order valence-electron chi connectivity index (χ3n) is 4.11. The highest BCUT2D eigenvalue weighted by atomic mass is 16.4. The summed E-state index contributed by atoms with van der Waals surface area (Å²) in [5, 5.41) is 12.2. The van der Waals surface area contributed by atoms with Crippen LogP contribution in [0.4, 0.5) is 0 Å². The largest absolute Gasteiger partial charge is 0.480 e. The maximum absolute atomic E-state index is 12.2. The first-order chi connectivity index (χ1) is 9.08. The van der Waals surface area contributed by atoms with Crippen LogP contribution in [0.15, 0.2) is 0 Å². The fraction of sp³-hybridized carbons (Fsp3) is 0.846. The van der Waals surface area contributed by atoms with E-state index in [1.807, 2.05) is 4.90 Å². The van der Waals surface area contributed by atoms with Crippen molar-refractivity contribution in [2.45, 2.75) is 25.8 Å². The van der Waals surface area contributed by atoms with Gasteiger partial charge in [-0.15, -0.1) is 0 Å². The fourth-order valence-electron chi connectivity index (χ4n) is 2.71. The number of piperazine rings is 1. The van der Waals surface area contributed by atoms with Crippen molar-refractivity contribution in [2.75, 3.05) is 39.3 Å². The first-order valence-electron chi connectivity index (χ1n) is 7.03. The number of piperidine rings is 1. The van der Waals surface area contributed by atoms with E-state index in [4.69, 9.17) is 5.11 Å². The van der Waals surface area contributed by atoms with Crippen LogP contribution in [0, 0.1) is 5.92 Å². The molecule has 108 valence electrons. The molecule has 1 amide bonds. The minimum atomic E-state index is -0.854. The van der Waals surface area contributed by atoms with Crippen LogP contribution < -0.4 is 5.32 Å². The van der Waals surface area contributed by atoms with E-state index in [1.165, 1.54) is 0 Å². The molecule has 1 atom stereocenters. The van der Waals surface area contributed by atoms with Crippen molar-refractivity contribution in [3.8, 4) is 0 Å².